The minimum Gasteiger partial charge on any atom is -0.477 e. The van der Waals surface area contributed by atoms with Crippen molar-refractivity contribution in [3.05, 3.63) is 39.7 Å². The van der Waals surface area contributed by atoms with E-state index < -0.39 is 12.0 Å². The molecule has 0 atom stereocenters. The van der Waals surface area contributed by atoms with Crippen LogP contribution in [0.15, 0.2) is 34.8 Å². The number of halogens is 1. The summed E-state index contributed by atoms with van der Waals surface area (Å²) in [7, 11) is 0. The van der Waals surface area contributed by atoms with Crippen molar-refractivity contribution in [1.82, 2.24) is 5.32 Å². The van der Waals surface area contributed by atoms with E-state index in [0.717, 1.165) is 26.3 Å². The summed E-state index contributed by atoms with van der Waals surface area (Å²) in [5, 5.41) is 14.4. The van der Waals surface area contributed by atoms with Crippen LogP contribution in [-0.4, -0.2) is 23.7 Å². The molecule has 0 bridgehead atoms. The van der Waals surface area contributed by atoms with E-state index in [1.54, 1.807) is 13.0 Å². The minimum absolute atomic E-state index is 0.110. The first-order chi connectivity index (χ1) is 10.0. The van der Waals surface area contributed by atoms with E-state index in [9.17, 15) is 14.7 Å². The topological polar surface area (TPSA) is 78.4 Å². The van der Waals surface area contributed by atoms with Gasteiger partial charge in [0.25, 0.3) is 0 Å². The molecule has 0 aliphatic heterocycles. The van der Waals surface area contributed by atoms with Crippen LogP contribution in [0.25, 0.3) is 10.4 Å². The fraction of sp³-hybridized carbons (Fsp3) is 0.143. The van der Waals surface area contributed by atoms with Crippen LogP contribution in [0.5, 0.6) is 0 Å². The molecule has 0 unspecified atom stereocenters. The Kier molecular flexibility index (Phi) is 4.98. The quantitative estimate of drug-likeness (QED) is 0.762. The van der Waals surface area contributed by atoms with Crippen LogP contribution in [0.3, 0.4) is 0 Å². The van der Waals surface area contributed by atoms with Gasteiger partial charge in [0.15, 0.2) is 0 Å². The molecule has 2 aromatic rings. The molecule has 1 aromatic heterocycles. The number of hydrogen-bond acceptors (Lipinski definition) is 3. The second kappa shape index (κ2) is 6.73. The second-order valence-electron chi connectivity index (χ2n) is 4.15. The largest absolute Gasteiger partial charge is 0.477 e. The Bertz CT molecular complexity index is 667. The Morgan fingerprint density at radius 3 is 2.52 bits per heavy atom. The number of hydrogen-bond donors (Lipinski definition) is 3. The minimum atomic E-state index is -1.06. The van der Waals surface area contributed by atoms with Gasteiger partial charge in [-0.1, -0.05) is 28.1 Å². The van der Waals surface area contributed by atoms with Crippen molar-refractivity contribution < 1.29 is 14.7 Å². The first-order valence-electron chi connectivity index (χ1n) is 6.19. The van der Waals surface area contributed by atoms with Crippen molar-refractivity contribution in [3.8, 4) is 10.4 Å². The number of anilines is 1. The zero-order chi connectivity index (χ0) is 15.4. The predicted octanol–water partition coefficient (Wildman–Crippen LogP) is 4.02. The number of carbonyl (C=O) groups excluding carboxylic acids is 1. The van der Waals surface area contributed by atoms with Crippen LogP contribution >= 0.6 is 27.3 Å². The molecule has 0 fully saturated rings. The first-order valence-corrected chi connectivity index (χ1v) is 7.80. The lowest BCUT2D eigenvalue weighted by Crippen LogP contribution is -2.28. The molecule has 0 spiro atoms. The summed E-state index contributed by atoms with van der Waals surface area (Å²) in [6.45, 7) is 2.26. The summed E-state index contributed by atoms with van der Waals surface area (Å²) >= 11 is 4.48. The normalized spacial score (nSPS) is 10.2. The Morgan fingerprint density at radius 1 is 1.29 bits per heavy atom. The average Bonchev–Trinajstić information content (AvgIpc) is 2.83. The Hall–Kier alpha value is -1.86. The van der Waals surface area contributed by atoms with E-state index in [1.165, 1.54) is 0 Å². The number of benzene rings is 1. The molecule has 1 heterocycles. The summed E-state index contributed by atoms with van der Waals surface area (Å²) < 4.78 is 0.946. The molecule has 21 heavy (non-hydrogen) atoms. The summed E-state index contributed by atoms with van der Waals surface area (Å²) in [5.74, 6) is -1.06. The highest BCUT2D eigenvalue weighted by atomic mass is 79.9. The van der Waals surface area contributed by atoms with Gasteiger partial charge in [0.2, 0.25) is 0 Å². The molecule has 0 aliphatic carbocycles. The van der Waals surface area contributed by atoms with Gasteiger partial charge in [-0.2, -0.15) is 0 Å². The maximum Gasteiger partial charge on any atom is 0.348 e. The number of carboxylic acid groups (broad SMARTS) is 1. The summed E-state index contributed by atoms with van der Waals surface area (Å²) in [6.07, 6.45) is 0. The average molecular weight is 369 g/mol. The summed E-state index contributed by atoms with van der Waals surface area (Å²) in [4.78, 5) is 23.7. The van der Waals surface area contributed by atoms with Crippen LogP contribution in [-0.2, 0) is 0 Å². The van der Waals surface area contributed by atoms with E-state index in [2.05, 4.69) is 26.6 Å². The fourth-order valence-electron chi connectivity index (χ4n) is 1.73. The Labute approximate surface area is 134 Å². The lowest BCUT2D eigenvalue weighted by molar-refractivity contribution is 0.0703. The van der Waals surface area contributed by atoms with Gasteiger partial charge >= 0.3 is 12.0 Å². The zero-order valence-corrected chi connectivity index (χ0v) is 13.5. The summed E-state index contributed by atoms with van der Waals surface area (Å²) in [5.41, 5.74) is 1.20. The maximum absolute atomic E-state index is 11.6. The number of urea groups is 1. The van der Waals surface area contributed by atoms with E-state index in [4.69, 9.17) is 0 Å². The molecular weight excluding hydrogens is 356 g/mol. The van der Waals surface area contributed by atoms with Crippen molar-refractivity contribution in [3.63, 3.8) is 0 Å². The van der Waals surface area contributed by atoms with Crippen molar-refractivity contribution in [2.24, 2.45) is 0 Å². The van der Waals surface area contributed by atoms with Crippen LogP contribution in [0.2, 0.25) is 0 Å². The third-order valence-electron chi connectivity index (χ3n) is 2.64. The lowest BCUT2D eigenvalue weighted by atomic mass is 10.2. The smallest absolute Gasteiger partial charge is 0.348 e. The Morgan fingerprint density at radius 2 is 1.95 bits per heavy atom. The second-order valence-corrected chi connectivity index (χ2v) is 6.12. The third kappa shape index (κ3) is 3.83. The van der Waals surface area contributed by atoms with E-state index in [-0.39, 0.29) is 4.88 Å². The highest BCUT2D eigenvalue weighted by molar-refractivity contribution is 9.10. The molecule has 2 amide bonds. The predicted molar refractivity (Wildman–Crippen MR) is 87.1 cm³/mol. The molecule has 0 saturated heterocycles. The first kappa shape index (κ1) is 15.5. The monoisotopic (exact) mass is 368 g/mol. The number of amides is 2. The molecule has 3 N–H and O–H groups in total. The SMILES string of the molecule is CCNC(=O)Nc1cc(-c2ccc(Br)cc2)sc1C(=O)O. The van der Waals surface area contributed by atoms with Crippen LogP contribution in [0.4, 0.5) is 10.5 Å². The van der Waals surface area contributed by atoms with Crippen LogP contribution < -0.4 is 10.6 Å². The van der Waals surface area contributed by atoms with Gasteiger partial charge in [-0.15, -0.1) is 11.3 Å². The van der Waals surface area contributed by atoms with Gasteiger partial charge in [0, 0.05) is 15.9 Å². The molecular formula is C14H13BrN2O3S. The van der Waals surface area contributed by atoms with Gasteiger partial charge < -0.3 is 15.7 Å². The molecule has 1 aromatic carbocycles. The molecule has 2 rings (SSSR count). The molecule has 0 radical (unpaired) electrons. The number of carboxylic acids is 1. The molecule has 5 nitrogen and oxygen atoms in total. The molecule has 0 aliphatic rings. The maximum atomic E-state index is 11.6. The lowest BCUT2D eigenvalue weighted by Gasteiger charge is -2.04. The van der Waals surface area contributed by atoms with Gasteiger partial charge in [-0.25, -0.2) is 9.59 Å². The van der Waals surface area contributed by atoms with E-state index in [1.807, 2.05) is 24.3 Å². The number of rotatable bonds is 4. The number of carbonyl (C=O) groups is 2. The number of nitrogens with one attached hydrogen (secondary N) is 2. The van der Waals surface area contributed by atoms with Gasteiger partial charge in [0.1, 0.15) is 4.88 Å². The van der Waals surface area contributed by atoms with Crippen LogP contribution in [0, 0.1) is 0 Å². The standard InChI is InChI=1S/C14H13BrN2O3S/c1-2-16-14(20)17-10-7-11(21-12(10)13(18)19)8-3-5-9(15)6-4-8/h3-7H,2H2,1H3,(H,18,19)(H2,16,17,20). The fourth-order valence-corrected chi connectivity index (χ4v) is 2.95. The molecule has 0 saturated carbocycles. The number of aromatic carboxylic acids is 1. The summed E-state index contributed by atoms with van der Waals surface area (Å²) in [6, 6.07) is 8.79. The highest BCUT2D eigenvalue weighted by Crippen LogP contribution is 2.35. The van der Waals surface area contributed by atoms with Gasteiger partial charge in [-0.05, 0) is 30.7 Å². The van der Waals surface area contributed by atoms with E-state index >= 15 is 0 Å². The zero-order valence-electron chi connectivity index (χ0n) is 11.1. The van der Waals surface area contributed by atoms with Crippen molar-refractivity contribution >= 4 is 45.0 Å². The third-order valence-corrected chi connectivity index (χ3v) is 4.34. The van der Waals surface area contributed by atoms with Gasteiger partial charge in [0.05, 0.1) is 5.69 Å². The van der Waals surface area contributed by atoms with Crippen molar-refractivity contribution in [2.45, 2.75) is 6.92 Å². The molecule has 110 valence electrons. The highest BCUT2D eigenvalue weighted by Gasteiger charge is 2.17. The van der Waals surface area contributed by atoms with E-state index in [0.29, 0.717) is 12.2 Å². The van der Waals surface area contributed by atoms with Gasteiger partial charge in [-0.3, -0.25) is 0 Å². The Balaban J connectivity index is 2.34. The number of thiophene rings is 1. The van der Waals surface area contributed by atoms with Crippen molar-refractivity contribution in [1.29, 1.82) is 0 Å². The van der Waals surface area contributed by atoms with Crippen LogP contribution in [0.1, 0.15) is 16.6 Å². The van der Waals surface area contributed by atoms with Crippen molar-refractivity contribution in [2.75, 3.05) is 11.9 Å². The molecule has 7 heteroatoms.